The number of nitrogens with zero attached hydrogens (tertiary/aromatic N) is 1. The molecule has 1 heterocycles. The lowest BCUT2D eigenvalue weighted by Crippen LogP contribution is -2.49. The Bertz CT molecular complexity index is 1050. The van der Waals surface area contributed by atoms with E-state index in [0.29, 0.717) is 30.6 Å². The first-order valence-electron chi connectivity index (χ1n) is 11.0. The van der Waals surface area contributed by atoms with Crippen LogP contribution in [-0.4, -0.2) is 44.3 Å². The van der Waals surface area contributed by atoms with Crippen LogP contribution in [0.5, 0.6) is 0 Å². The van der Waals surface area contributed by atoms with Crippen molar-refractivity contribution in [2.45, 2.75) is 57.0 Å². The van der Waals surface area contributed by atoms with Gasteiger partial charge in [0.2, 0.25) is 15.9 Å². The molecular formula is C24H31N3O4S. The van der Waals surface area contributed by atoms with Crippen LogP contribution in [0.4, 0.5) is 0 Å². The molecule has 0 aromatic heterocycles. The van der Waals surface area contributed by atoms with Crippen LogP contribution in [0.2, 0.25) is 0 Å². The van der Waals surface area contributed by atoms with Gasteiger partial charge in [-0.3, -0.25) is 9.59 Å². The van der Waals surface area contributed by atoms with Gasteiger partial charge in [0.1, 0.15) is 0 Å². The van der Waals surface area contributed by atoms with Gasteiger partial charge in [0.25, 0.3) is 5.91 Å². The van der Waals surface area contributed by atoms with Crippen molar-refractivity contribution in [3.8, 4) is 0 Å². The molecule has 2 aromatic carbocycles. The summed E-state index contributed by atoms with van der Waals surface area (Å²) in [5, 5.41) is 3.00. The maximum atomic E-state index is 13.2. The normalized spacial score (nSPS) is 16.6. The molecule has 1 atom stereocenters. The molecule has 172 valence electrons. The molecule has 0 saturated carbocycles. The van der Waals surface area contributed by atoms with Crippen molar-refractivity contribution in [1.82, 2.24) is 14.9 Å². The largest absolute Gasteiger partial charge is 0.352 e. The number of carbonyl (C=O) groups is 2. The molecule has 1 fully saturated rings. The predicted molar refractivity (Wildman–Crippen MR) is 124 cm³/mol. The molecule has 2 aromatic rings. The van der Waals surface area contributed by atoms with Crippen molar-refractivity contribution >= 4 is 21.8 Å². The van der Waals surface area contributed by atoms with Crippen molar-refractivity contribution in [1.29, 1.82) is 0 Å². The number of nitrogens with one attached hydrogen (secondary N) is 2. The van der Waals surface area contributed by atoms with Gasteiger partial charge < -0.3 is 10.2 Å². The number of rotatable bonds is 8. The van der Waals surface area contributed by atoms with Crippen LogP contribution in [0.25, 0.3) is 0 Å². The topological polar surface area (TPSA) is 95.6 Å². The minimum atomic E-state index is -3.77. The van der Waals surface area contributed by atoms with Crippen LogP contribution in [0, 0.1) is 6.92 Å². The molecule has 1 aliphatic rings. The second-order valence-electron chi connectivity index (χ2n) is 8.19. The number of piperidine rings is 1. The van der Waals surface area contributed by atoms with Gasteiger partial charge in [-0.25, -0.2) is 13.1 Å². The molecule has 8 heteroatoms. The van der Waals surface area contributed by atoms with Gasteiger partial charge in [0.05, 0.1) is 4.90 Å². The Morgan fingerprint density at radius 1 is 1.12 bits per heavy atom. The number of sulfonamides is 1. The number of benzene rings is 2. The minimum Gasteiger partial charge on any atom is -0.352 e. The summed E-state index contributed by atoms with van der Waals surface area (Å²) in [6.45, 7) is 4.94. The van der Waals surface area contributed by atoms with Crippen molar-refractivity contribution < 1.29 is 18.0 Å². The molecule has 2 N–H and O–H groups in total. The summed E-state index contributed by atoms with van der Waals surface area (Å²) in [5.74, 6) is -0.211. The second kappa shape index (κ2) is 10.7. The lowest BCUT2D eigenvalue weighted by atomic mass is 10.0. The number of carbonyl (C=O) groups excluding carboxylic acids is 2. The molecule has 7 nitrogen and oxygen atoms in total. The van der Waals surface area contributed by atoms with E-state index in [-0.39, 0.29) is 29.3 Å². The first kappa shape index (κ1) is 23.9. The highest BCUT2D eigenvalue weighted by Gasteiger charge is 2.27. The molecule has 0 radical (unpaired) electrons. The van der Waals surface area contributed by atoms with Crippen molar-refractivity contribution in [3.63, 3.8) is 0 Å². The average Bonchev–Trinajstić information content (AvgIpc) is 2.78. The maximum Gasteiger partial charge on any atom is 0.254 e. The standard InChI is InChI=1S/C24H31N3O4S/c1-3-8-23(28)26-20-11-7-14-27(17-20)24(29)22-15-21(13-12-18(22)2)32(30,31)25-16-19-9-5-4-6-10-19/h4-6,9-10,12-13,15,20,25H,3,7-8,11,14,16-17H2,1-2H3,(H,26,28). The van der Waals surface area contributed by atoms with Gasteiger partial charge >= 0.3 is 0 Å². The van der Waals surface area contributed by atoms with E-state index in [0.717, 1.165) is 24.8 Å². The Kier molecular flexibility index (Phi) is 8.04. The van der Waals surface area contributed by atoms with Crippen molar-refractivity contribution in [3.05, 3.63) is 65.2 Å². The van der Waals surface area contributed by atoms with Crippen LogP contribution in [0.1, 0.15) is 54.1 Å². The van der Waals surface area contributed by atoms with E-state index in [2.05, 4.69) is 10.0 Å². The SMILES string of the molecule is CCCC(=O)NC1CCCN(C(=O)c2cc(S(=O)(=O)NCc3ccccc3)ccc2C)C1. The Labute approximate surface area is 190 Å². The van der Waals surface area contributed by atoms with Crippen LogP contribution in [-0.2, 0) is 21.4 Å². The van der Waals surface area contributed by atoms with Crippen molar-refractivity contribution in [2.75, 3.05) is 13.1 Å². The zero-order chi connectivity index (χ0) is 23.1. The fraction of sp³-hybridized carbons (Fsp3) is 0.417. The molecule has 0 spiro atoms. The fourth-order valence-electron chi connectivity index (χ4n) is 3.83. The number of hydrogen-bond donors (Lipinski definition) is 2. The quantitative estimate of drug-likeness (QED) is 0.637. The van der Waals surface area contributed by atoms with Gasteiger partial charge in [-0.05, 0) is 49.4 Å². The molecule has 2 amide bonds. The van der Waals surface area contributed by atoms with E-state index in [9.17, 15) is 18.0 Å². The van der Waals surface area contributed by atoms with Crippen LogP contribution in [0.15, 0.2) is 53.4 Å². The van der Waals surface area contributed by atoms with Gasteiger partial charge in [-0.2, -0.15) is 0 Å². The maximum absolute atomic E-state index is 13.2. The molecule has 0 bridgehead atoms. The molecule has 3 rings (SSSR count). The summed E-state index contributed by atoms with van der Waals surface area (Å²) in [6.07, 6.45) is 2.87. The molecule has 1 aliphatic heterocycles. The Hall–Kier alpha value is -2.71. The van der Waals surface area contributed by atoms with E-state index in [4.69, 9.17) is 0 Å². The first-order chi connectivity index (χ1) is 15.3. The third-order valence-corrected chi connectivity index (χ3v) is 7.01. The van der Waals surface area contributed by atoms with Crippen LogP contribution >= 0.6 is 0 Å². The summed E-state index contributed by atoms with van der Waals surface area (Å²) in [7, 11) is -3.77. The summed E-state index contributed by atoms with van der Waals surface area (Å²) in [5.41, 5.74) is 1.94. The summed E-state index contributed by atoms with van der Waals surface area (Å²) in [6, 6.07) is 13.8. The van der Waals surface area contributed by atoms with Gasteiger partial charge in [0, 0.05) is 37.7 Å². The number of hydrogen-bond acceptors (Lipinski definition) is 4. The molecule has 0 aliphatic carbocycles. The van der Waals surface area contributed by atoms with Gasteiger partial charge in [0.15, 0.2) is 0 Å². The number of amides is 2. The predicted octanol–water partition coefficient (Wildman–Crippen LogP) is 2.99. The summed E-state index contributed by atoms with van der Waals surface area (Å²) in [4.78, 5) is 26.9. The number of aryl methyl sites for hydroxylation is 1. The van der Waals surface area contributed by atoms with Crippen LogP contribution < -0.4 is 10.0 Å². The van der Waals surface area contributed by atoms with E-state index in [1.54, 1.807) is 17.9 Å². The number of likely N-dealkylation sites (tertiary alicyclic amines) is 1. The highest BCUT2D eigenvalue weighted by molar-refractivity contribution is 7.89. The zero-order valence-electron chi connectivity index (χ0n) is 18.6. The minimum absolute atomic E-state index is 0.000519. The molecule has 1 saturated heterocycles. The molecular weight excluding hydrogens is 426 g/mol. The van der Waals surface area contributed by atoms with Crippen molar-refractivity contribution in [2.24, 2.45) is 0 Å². The second-order valence-corrected chi connectivity index (χ2v) is 9.96. The van der Waals surface area contributed by atoms with Crippen LogP contribution in [0.3, 0.4) is 0 Å². The smallest absolute Gasteiger partial charge is 0.254 e. The van der Waals surface area contributed by atoms with E-state index in [1.165, 1.54) is 12.1 Å². The molecule has 32 heavy (non-hydrogen) atoms. The first-order valence-corrected chi connectivity index (χ1v) is 12.5. The van der Waals surface area contributed by atoms with E-state index >= 15 is 0 Å². The third kappa shape index (κ3) is 6.17. The Morgan fingerprint density at radius 3 is 2.59 bits per heavy atom. The highest BCUT2D eigenvalue weighted by Crippen LogP contribution is 2.20. The zero-order valence-corrected chi connectivity index (χ0v) is 19.5. The fourth-order valence-corrected chi connectivity index (χ4v) is 4.88. The summed E-state index contributed by atoms with van der Waals surface area (Å²) < 4.78 is 28.2. The third-order valence-electron chi connectivity index (χ3n) is 5.61. The Morgan fingerprint density at radius 2 is 1.88 bits per heavy atom. The van der Waals surface area contributed by atoms with E-state index < -0.39 is 10.0 Å². The average molecular weight is 458 g/mol. The monoisotopic (exact) mass is 457 g/mol. The van der Waals surface area contributed by atoms with Gasteiger partial charge in [-0.15, -0.1) is 0 Å². The molecule has 1 unspecified atom stereocenters. The van der Waals surface area contributed by atoms with Gasteiger partial charge in [-0.1, -0.05) is 43.3 Å². The van der Waals surface area contributed by atoms with E-state index in [1.807, 2.05) is 37.3 Å². The lowest BCUT2D eigenvalue weighted by molar-refractivity contribution is -0.122. The lowest BCUT2D eigenvalue weighted by Gasteiger charge is -2.33. The highest BCUT2D eigenvalue weighted by atomic mass is 32.2. The Balaban J connectivity index is 1.73. The summed E-state index contributed by atoms with van der Waals surface area (Å²) >= 11 is 0.